The Labute approximate surface area is 119 Å². The number of fused-ring (bicyclic) bond motifs is 1. The summed E-state index contributed by atoms with van der Waals surface area (Å²) in [6, 6.07) is 6.54. The number of amides is 1. The maximum Gasteiger partial charge on any atom is 0.406 e. The smallest absolute Gasteiger partial charge is 0.302 e. The molecule has 0 spiro atoms. The van der Waals surface area contributed by atoms with Crippen LogP contribution in [0.25, 0.3) is 0 Å². The van der Waals surface area contributed by atoms with Gasteiger partial charge in [0.1, 0.15) is 6.54 Å². The molecular weight excluding hydrogens is 283 g/mol. The second-order valence-electron chi connectivity index (χ2n) is 5.29. The molecule has 1 aliphatic heterocycles. The summed E-state index contributed by atoms with van der Waals surface area (Å²) >= 11 is 0. The van der Waals surface area contributed by atoms with E-state index in [9.17, 15) is 18.0 Å². The molecule has 1 aromatic rings. The average Bonchev–Trinajstić information content (AvgIpc) is 3.24. The van der Waals surface area contributed by atoms with E-state index in [0.29, 0.717) is 16.2 Å². The quantitative estimate of drug-likeness (QED) is 0.908. The van der Waals surface area contributed by atoms with Crippen LogP contribution in [0.3, 0.4) is 0 Å². The Hall–Kier alpha value is -1.89. The van der Waals surface area contributed by atoms with E-state index in [0.717, 1.165) is 12.8 Å². The van der Waals surface area contributed by atoms with Gasteiger partial charge in [-0.1, -0.05) is 18.2 Å². The highest BCUT2D eigenvalue weighted by Gasteiger charge is 2.40. The molecule has 1 fully saturated rings. The van der Waals surface area contributed by atoms with Gasteiger partial charge in [0.05, 0.1) is 5.69 Å². The Morgan fingerprint density at radius 1 is 1.29 bits per heavy atom. The van der Waals surface area contributed by atoms with Crippen molar-refractivity contribution in [3.05, 3.63) is 29.8 Å². The zero-order valence-corrected chi connectivity index (χ0v) is 11.1. The van der Waals surface area contributed by atoms with Crippen LogP contribution in [0.1, 0.15) is 18.4 Å². The first kappa shape index (κ1) is 14.1. The lowest BCUT2D eigenvalue weighted by Gasteiger charge is -2.25. The fourth-order valence-corrected chi connectivity index (χ4v) is 2.50. The van der Waals surface area contributed by atoms with Crippen LogP contribution in [-0.2, 0) is 4.79 Å². The molecule has 1 amide bonds. The van der Waals surface area contributed by atoms with Gasteiger partial charge in [0.2, 0.25) is 0 Å². The maximum atomic E-state index is 12.8. The van der Waals surface area contributed by atoms with Gasteiger partial charge in [0.25, 0.3) is 5.91 Å². The highest BCUT2D eigenvalue weighted by molar-refractivity contribution is 6.14. The van der Waals surface area contributed by atoms with Gasteiger partial charge >= 0.3 is 6.18 Å². The van der Waals surface area contributed by atoms with Crippen LogP contribution in [0.4, 0.5) is 18.9 Å². The van der Waals surface area contributed by atoms with Gasteiger partial charge in [0, 0.05) is 17.2 Å². The molecule has 1 unspecified atom stereocenters. The number of alkyl halides is 3. The van der Waals surface area contributed by atoms with Crippen molar-refractivity contribution in [1.29, 1.82) is 0 Å². The number of nitrogens with two attached hydrogens (primary N) is 1. The number of rotatable bonds is 2. The summed E-state index contributed by atoms with van der Waals surface area (Å²) in [5.41, 5.74) is 7.14. The van der Waals surface area contributed by atoms with Crippen molar-refractivity contribution >= 4 is 17.3 Å². The number of hydrogen-bond acceptors (Lipinski definition) is 3. The summed E-state index contributed by atoms with van der Waals surface area (Å²) in [5, 5.41) is 0. The predicted octanol–water partition coefficient (Wildman–Crippen LogP) is 2.08. The molecule has 0 radical (unpaired) electrons. The summed E-state index contributed by atoms with van der Waals surface area (Å²) in [7, 11) is 0. The number of nitrogens with zero attached hydrogens (tertiary/aromatic N) is 2. The maximum absolute atomic E-state index is 12.8. The summed E-state index contributed by atoms with van der Waals surface area (Å²) < 4.78 is 38.3. The summed E-state index contributed by atoms with van der Waals surface area (Å²) in [6.07, 6.45) is -3.93. The molecule has 0 saturated heterocycles. The van der Waals surface area contributed by atoms with Crippen molar-refractivity contribution in [2.24, 2.45) is 16.6 Å². The number of benzene rings is 1. The third-order valence-corrected chi connectivity index (χ3v) is 3.57. The minimum atomic E-state index is -4.49. The molecule has 1 heterocycles. The topological polar surface area (TPSA) is 58.7 Å². The Kier molecular flexibility index (Phi) is 3.24. The van der Waals surface area contributed by atoms with Crippen LogP contribution < -0.4 is 10.6 Å². The fourth-order valence-electron chi connectivity index (χ4n) is 2.50. The third kappa shape index (κ3) is 2.78. The van der Waals surface area contributed by atoms with Crippen molar-refractivity contribution in [1.82, 2.24) is 0 Å². The van der Waals surface area contributed by atoms with Gasteiger partial charge in [-0.15, -0.1) is 0 Å². The van der Waals surface area contributed by atoms with Gasteiger partial charge < -0.3 is 5.73 Å². The predicted molar refractivity (Wildman–Crippen MR) is 72.1 cm³/mol. The first-order valence-corrected chi connectivity index (χ1v) is 6.67. The van der Waals surface area contributed by atoms with E-state index in [1.807, 2.05) is 0 Å². The summed E-state index contributed by atoms with van der Waals surface area (Å²) in [6.45, 7) is -1.36. The molecule has 1 aliphatic carbocycles. The van der Waals surface area contributed by atoms with Gasteiger partial charge in [-0.05, 0) is 18.9 Å². The van der Waals surface area contributed by atoms with Crippen LogP contribution in [0.2, 0.25) is 0 Å². The van der Waals surface area contributed by atoms with Crippen LogP contribution in [0.15, 0.2) is 29.3 Å². The van der Waals surface area contributed by atoms with Crippen molar-refractivity contribution in [3.8, 4) is 0 Å². The standard InChI is InChI=1S/C14H14F3N3O/c15-14(16,17)7-20-10-4-2-1-3-9(10)11(8-5-6-8)19-12(18)13(20)21/h1-4,8,12H,5-7,18H2. The molecule has 112 valence electrons. The van der Waals surface area contributed by atoms with E-state index >= 15 is 0 Å². The first-order valence-electron chi connectivity index (χ1n) is 6.67. The second kappa shape index (κ2) is 4.84. The van der Waals surface area contributed by atoms with Crippen molar-refractivity contribution < 1.29 is 18.0 Å². The van der Waals surface area contributed by atoms with E-state index in [1.165, 1.54) is 6.07 Å². The number of halogens is 3. The number of carbonyl (C=O) groups excluding carboxylic acids is 1. The van der Waals surface area contributed by atoms with E-state index in [4.69, 9.17) is 5.73 Å². The minimum absolute atomic E-state index is 0.191. The highest BCUT2D eigenvalue weighted by atomic mass is 19.4. The number of aliphatic imine (C=N–C) groups is 1. The van der Waals surface area contributed by atoms with Gasteiger partial charge in [0.15, 0.2) is 6.17 Å². The fraction of sp³-hybridized carbons (Fsp3) is 0.429. The molecule has 0 aromatic heterocycles. The van der Waals surface area contributed by atoms with Crippen LogP contribution >= 0.6 is 0 Å². The molecule has 0 bridgehead atoms. The molecule has 1 aromatic carbocycles. The Morgan fingerprint density at radius 2 is 1.95 bits per heavy atom. The lowest BCUT2D eigenvalue weighted by atomic mass is 10.0. The number of hydrogen-bond donors (Lipinski definition) is 1. The zero-order valence-electron chi connectivity index (χ0n) is 11.1. The van der Waals surface area contributed by atoms with Gasteiger partial charge in [-0.25, -0.2) is 0 Å². The molecule has 1 saturated carbocycles. The third-order valence-electron chi connectivity index (χ3n) is 3.57. The van der Waals surface area contributed by atoms with Crippen LogP contribution in [0, 0.1) is 5.92 Å². The zero-order chi connectivity index (χ0) is 15.2. The molecule has 21 heavy (non-hydrogen) atoms. The number of benzodiazepines with no additional fused rings is 1. The average molecular weight is 297 g/mol. The minimum Gasteiger partial charge on any atom is -0.302 e. The molecule has 1 atom stereocenters. The summed E-state index contributed by atoms with van der Waals surface area (Å²) in [4.78, 5) is 17.0. The van der Waals surface area contributed by atoms with E-state index in [2.05, 4.69) is 4.99 Å². The van der Waals surface area contributed by atoms with Crippen molar-refractivity contribution in [3.63, 3.8) is 0 Å². The molecule has 2 N–H and O–H groups in total. The largest absolute Gasteiger partial charge is 0.406 e. The highest BCUT2D eigenvalue weighted by Crippen LogP contribution is 2.38. The first-order chi connectivity index (χ1) is 9.87. The van der Waals surface area contributed by atoms with Crippen LogP contribution in [-0.4, -0.2) is 30.5 Å². The Bertz CT molecular complexity index is 608. The van der Waals surface area contributed by atoms with E-state index in [1.54, 1.807) is 18.2 Å². The van der Waals surface area contributed by atoms with Gasteiger partial charge in [-0.2, -0.15) is 13.2 Å². The summed E-state index contributed by atoms with van der Waals surface area (Å²) in [5.74, 6) is -0.633. The van der Waals surface area contributed by atoms with Gasteiger partial charge in [-0.3, -0.25) is 14.7 Å². The molecule has 3 rings (SSSR count). The Balaban J connectivity index is 2.09. The lowest BCUT2D eigenvalue weighted by molar-refractivity contribution is -0.133. The lowest BCUT2D eigenvalue weighted by Crippen LogP contribution is -2.46. The van der Waals surface area contributed by atoms with Crippen molar-refractivity contribution in [2.45, 2.75) is 25.2 Å². The van der Waals surface area contributed by atoms with Crippen molar-refractivity contribution in [2.75, 3.05) is 11.4 Å². The Morgan fingerprint density at radius 3 is 2.57 bits per heavy atom. The molecule has 2 aliphatic rings. The second-order valence-corrected chi connectivity index (χ2v) is 5.29. The number of anilines is 1. The molecular formula is C14H14F3N3O. The normalized spacial score (nSPS) is 22.7. The number of para-hydroxylation sites is 1. The monoisotopic (exact) mass is 297 g/mol. The van der Waals surface area contributed by atoms with Crippen LogP contribution in [0.5, 0.6) is 0 Å². The molecule has 7 heteroatoms. The molecule has 4 nitrogen and oxygen atoms in total. The van der Waals surface area contributed by atoms with E-state index < -0.39 is 24.8 Å². The van der Waals surface area contributed by atoms with E-state index in [-0.39, 0.29) is 11.6 Å². The SMILES string of the molecule is NC1N=C(C2CC2)c2ccccc2N(CC(F)(F)F)C1=O. The number of carbonyl (C=O) groups is 1.